The summed E-state index contributed by atoms with van der Waals surface area (Å²) in [6.45, 7) is 7.50. The molecule has 0 aromatic heterocycles. The highest BCUT2D eigenvalue weighted by Crippen LogP contribution is 2.21. The minimum absolute atomic E-state index is 0.104. The summed E-state index contributed by atoms with van der Waals surface area (Å²) in [5.74, 6) is 0.245. The van der Waals surface area contributed by atoms with Gasteiger partial charge in [0.05, 0.1) is 0 Å². The summed E-state index contributed by atoms with van der Waals surface area (Å²) in [6, 6.07) is 7.43. The van der Waals surface area contributed by atoms with Crippen LogP contribution in [0.5, 0.6) is 0 Å². The van der Waals surface area contributed by atoms with Crippen LogP contribution < -0.4 is 5.32 Å². The summed E-state index contributed by atoms with van der Waals surface area (Å²) in [4.78, 5) is 28.1. The highest BCUT2D eigenvalue weighted by Gasteiger charge is 2.27. The third-order valence-electron chi connectivity index (χ3n) is 4.12. The summed E-state index contributed by atoms with van der Waals surface area (Å²) in [5.41, 5.74) is 0.255. The van der Waals surface area contributed by atoms with Crippen LogP contribution >= 0.6 is 15.9 Å². The summed E-state index contributed by atoms with van der Waals surface area (Å²) >= 11 is 3.40. The van der Waals surface area contributed by atoms with Gasteiger partial charge in [-0.2, -0.15) is 0 Å². The van der Waals surface area contributed by atoms with Gasteiger partial charge in [0.1, 0.15) is 5.60 Å². The highest BCUT2D eigenvalue weighted by molar-refractivity contribution is 9.10. The molecular weight excluding hydrogens is 398 g/mol. The predicted molar refractivity (Wildman–Crippen MR) is 106 cm³/mol. The van der Waals surface area contributed by atoms with Gasteiger partial charge in [0.25, 0.3) is 0 Å². The molecule has 0 bridgehead atoms. The lowest BCUT2D eigenvalue weighted by atomic mass is 9.98. The first kappa shape index (κ1) is 20.6. The number of nitrogens with zero attached hydrogens (tertiary/aromatic N) is 2. The number of benzene rings is 1. The molecule has 1 aromatic rings. The third kappa shape index (κ3) is 6.52. The Morgan fingerprint density at radius 1 is 1.38 bits per heavy atom. The molecule has 1 saturated heterocycles. The first-order valence-corrected chi connectivity index (χ1v) is 9.69. The smallest absolute Gasteiger partial charge is 0.410 e. The second-order valence-corrected chi connectivity index (χ2v) is 8.67. The molecule has 6 nitrogen and oxygen atoms in total. The molecule has 7 heteroatoms. The van der Waals surface area contributed by atoms with E-state index in [4.69, 9.17) is 4.74 Å². The first-order chi connectivity index (χ1) is 12.1. The van der Waals surface area contributed by atoms with Crippen molar-refractivity contribution in [1.82, 2.24) is 9.80 Å². The number of likely N-dealkylation sites (tertiary alicyclic amines) is 1. The number of urea groups is 1. The largest absolute Gasteiger partial charge is 0.444 e. The monoisotopic (exact) mass is 425 g/mol. The molecule has 1 fully saturated rings. The topological polar surface area (TPSA) is 61.9 Å². The Kier molecular flexibility index (Phi) is 6.92. The Bertz CT molecular complexity index is 645. The number of hydrogen-bond acceptors (Lipinski definition) is 3. The van der Waals surface area contributed by atoms with E-state index < -0.39 is 5.60 Å². The van der Waals surface area contributed by atoms with Gasteiger partial charge in [-0.25, -0.2) is 9.59 Å². The minimum atomic E-state index is -0.506. The fourth-order valence-corrected chi connectivity index (χ4v) is 3.37. The van der Waals surface area contributed by atoms with Crippen molar-refractivity contribution in [1.29, 1.82) is 0 Å². The van der Waals surface area contributed by atoms with Crippen molar-refractivity contribution in [2.24, 2.45) is 5.92 Å². The summed E-state index contributed by atoms with van der Waals surface area (Å²) in [5, 5.41) is 2.93. The molecule has 144 valence electrons. The molecule has 1 aliphatic heterocycles. The number of carbonyl (C=O) groups excluding carboxylic acids is 2. The molecule has 2 rings (SSSR count). The van der Waals surface area contributed by atoms with Crippen LogP contribution in [0.1, 0.15) is 33.6 Å². The summed E-state index contributed by atoms with van der Waals surface area (Å²) < 4.78 is 6.32. The second kappa shape index (κ2) is 8.75. The molecule has 1 unspecified atom stereocenters. The van der Waals surface area contributed by atoms with Crippen LogP contribution in [0.2, 0.25) is 0 Å². The third-order valence-corrected chi connectivity index (χ3v) is 4.61. The Morgan fingerprint density at radius 3 is 2.77 bits per heavy atom. The van der Waals surface area contributed by atoms with Crippen LogP contribution in [-0.2, 0) is 4.74 Å². The normalized spacial score (nSPS) is 17.6. The zero-order chi connectivity index (χ0) is 19.3. The Balaban J connectivity index is 1.88. The van der Waals surface area contributed by atoms with Gasteiger partial charge >= 0.3 is 12.1 Å². The second-order valence-electron chi connectivity index (χ2n) is 7.76. The molecule has 1 aliphatic rings. The van der Waals surface area contributed by atoms with Crippen molar-refractivity contribution in [3.63, 3.8) is 0 Å². The average Bonchev–Trinajstić information content (AvgIpc) is 2.53. The highest BCUT2D eigenvalue weighted by atomic mass is 79.9. The lowest BCUT2D eigenvalue weighted by molar-refractivity contribution is 0.0253. The quantitative estimate of drug-likeness (QED) is 0.771. The summed E-state index contributed by atoms with van der Waals surface area (Å²) in [6.07, 6.45) is 1.60. The van der Waals surface area contributed by atoms with E-state index in [0.29, 0.717) is 13.1 Å². The lowest BCUT2D eigenvalue weighted by Crippen LogP contribution is -2.46. The zero-order valence-electron chi connectivity index (χ0n) is 15.9. The van der Waals surface area contributed by atoms with Gasteiger partial charge in [0.15, 0.2) is 0 Å². The molecule has 1 atom stereocenters. The molecule has 26 heavy (non-hydrogen) atoms. The number of rotatable bonds is 3. The van der Waals surface area contributed by atoms with Crippen molar-refractivity contribution in [2.45, 2.75) is 39.2 Å². The van der Waals surface area contributed by atoms with E-state index in [1.54, 1.807) is 11.9 Å². The van der Waals surface area contributed by atoms with E-state index in [1.807, 2.05) is 49.9 Å². The fourth-order valence-electron chi connectivity index (χ4n) is 2.97. The molecule has 0 saturated carbocycles. The van der Waals surface area contributed by atoms with Gasteiger partial charge in [0, 0.05) is 36.8 Å². The molecular formula is C19H28BrN3O3. The van der Waals surface area contributed by atoms with E-state index >= 15 is 0 Å². The number of halogens is 1. The molecule has 1 N–H and O–H groups in total. The Labute approximate surface area is 164 Å². The van der Waals surface area contributed by atoms with Crippen molar-refractivity contribution < 1.29 is 14.3 Å². The van der Waals surface area contributed by atoms with Gasteiger partial charge in [-0.05, 0) is 57.7 Å². The molecule has 0 radical (unpaired) electrons. The van der Waals surface area contributed by atoms with E-state index in [2.05, 4.69) is 21.2 Å². The van der Waals surface area contributed by atoms with Crippen molar-refractivity contribution in [2.75, 3.05) is 32.0 Å². The number of piperidine rings is 1. The number of anilines is 1. The molecule has 3 amide bonds. The first-order valence-electron chi connectivity index (χ1n) is 8.89. The van der Waals surface area contributed by atoms with Crippen LogP contribution in [0.3, 0.4) is 0 Å². The maximum absolute atomic E-state index is 12.5. The number of nitrogens with one attached hydrogen (secondary N) is 1. The Hall–Kier alpha value is -1.76. The van der Waals surface area contributed by atoms with Gasteiger partial charge in [-0.15, -0.1) is 0 Å². The standard InChI is InChI=1S/C19H28BrN3O3/c1-19(2,3)26-18(25)22(4)12-14-7-6-10-23(13-14)17(24)21-16-9-5-8-15(20)11-16/h5,8-9,11,14H,6-7,10,12-13H2,1-4H3,(H,21,24). The summed E-state index contributed by atoms with van der Waals surface area (Å²) in [7, 11) is 1.74. The average molecular weight is 426 g/mol. The molecule has 1 aromatic carbocycles. The molecule has 1 heterocycles. The van der Waals surface area contributed by atoms with Gasteiger partial charge in [0.2, 0.25) is 0 Å². The lowest BCUT2D eigenvalue weighted by Gasteiger charge is -2.35. The maximum atomic E-state index is 12.5. The Morgan fingerprint density at radius 2 is 2.12 bits per heavy atom. The SMILES string of the molecule is CN(CC1CCCN(C(=O)Nc2cccc(Br)c2)C1)C(=O)OC(C)(C)C. The van der Waals surface area contributed by atoms with Crippen LogP contribution in [-0.4, -0.2) is 54.2 Å². The van der Waals surface area contributed by atoms with Gasteiger partial charge < -0.3 is 19.9 Å². The van der Waals surface area contributed by atoms with E-state index in [9.17, 15) is 9.59 Å². The zero-order valence-corrected chi connectivity index (χ0v) is 17.5. The minimum Gasteiger partial charge on any atom is -0.444 e. The van der Waals surface area contributed by atoms with E-state index in [0.717, 1.165) is 29.5 Å². The van der Waals surface area contributed by atoms with Gasteiger partial charge in [-0.3, -0.25) is 0 Å². The number of amides is 3. The van der Waals surface area contributed by atoms with Crippen LogP contribution in [0.15, 0.2) is 28.7 Å². The number of hydrogen-bond donors (Lipinski definition) is 1. The van der Waals surface area contributed by atoms with Crippen molar-refractivity contribution in [3.05, 3.63) is 28.7 Å². The predicted octanol–water partition coefficient (Wildman–Crippen LogP) is 4.56. The number of ether oxygens (including phenoxy) is 1. The van der Waals surface area contributed by atoms with E-state index in [1.165, 1.54) is 0 Å². The van der Waals surface area contributed by atoms with Crippen LogP contribution in [0, 0.1) is 5.92 Å². The van der Waals surface area contributed by atoms with Crippen LogP contribution in [0.25, 0.3) is 0 Å². The van der Waals surface area contributed by atoms with Crippen LogP contribution in [0.4, 0.5) is 15.3 Å². The van der Waals surface area contributed by atoms with Crippen molar-refractivity contribution >= 4 is 33.7 Å². The maximum Gasteiger partial charge on any atom is 0.410 e. The molecule has 0 spiro atoms. The van der Waals surface area contributed by atoms with E-state index in [-0.39, 0.29) is 18.0 Å². The molecule has 0 aliphatic carbocycles. The fraction of sp³-hybridized carbons (Fsp3) is 0.579. The van der Waals surface area contributed by atoms with Gasteiger partial charge in [-0.1, -0.05) is 22.0 Å². The number of carbonyl (C=O) groups is 2. The van der Waals surface area contributed by atoms with Crippen molar-refractivity contribution in [3.8, 4) is 0 Å².